The van der Waals surface area contributed by atoms with Crippen LogP contribution in [0.15, 0.2) is 47.8 Å². The van der Waals surface area contributed by atoms with Gasteiger partial charge in [-0.25, -0.2) is 4.39 Å². The summed E-state index contributed by atoms with van der Waals surface area (Å²) < 4.78 is 15.0. The Morgan fingerprint density at radius 2 is 2.17 bits per heavy atom. The molecule has 1 N–H and O–H groups in total. The predicted octanol–water partition coefficient (Wildman–Crippen LogP) is 3.49. The van der Waals surface area contributed by atoms with Gasteiger partial charge < -0.3 is 5.32 Å². The molecule has 23 heavy (non-hydrogen) atoms. The maximum atomic E-state index is 13.1. The number of rotatable bonds is 5. The molecule has 0 aliphatic heterocycles. The summed E-state index contributed by atoms with van der Waals surface area (Å²) in [5.74, 6) is -0.700. The first-order valence-corrected chi connectivity index (χ1v) is 8.13. The van der Waals surface area contributed by atoms with Gasteiger partial charge in [-0.1, -0.05) is 12.1 Å². The molecule has 0 saturated carbocycles. The van der Waals surface area contributed by atoms with Crippen LogP contribution in [0.2, 0.25) is 0 Å². The van der Waals surface area contributed by atoms with Gasteiger partial charge in [0, 0.05) is 17.8 Å². The normalized spacial score (nSPS) is 10.7. The lowest BCUT2D eigenvalue weighted by atomic mass is 10.2. The lowest BCUT2D eigenvalue weighted by Gasteiger charge is -2.07. The summed E-state index contributed by atoms with van der Waals surface area (Å²) >= 11 is 1.64. The Morgan fingerprint density at radius 3 is 2.91 bits per heavy atom. The van der Waals surface area contributed by atoms with Crippen molar-refractivity contribution >= 4 is 17.2 Å². The molecule has 3 aromatic rings. The summed E-state index contributed by atoms with van der Waals surface area (Å²) in [4.78, 5) is 13.1. The van der Waals surface area contributed by atoms with Gasteiger partial charge in [0.05, 0.1) is 11.4 Å². The molecular formula is C17H16FN3OS. The lowest BCUT2D eigenvalue weighted by molar-refractivity contribution is 0.0951. The number of benzene rings is 1. The molecule has 0 saturated heterocycles. The molecule has 118 valence electrons. The third kappa shape index (κ3) is 3.65. The average molecular weight is 329 g/mol. The van der Waals surface area contributed by atoms with E-state index in [1.165, 1.54) is 18.2 Å². The third-order valence-corrected chi connectivity index (χ3v) is 4.34. The Bertz CT molecular complexity index is 811. The molecule has 1 aromatic carbocycles. The molecule has 2 heterocycles. The second-order valence-corrected chi connectivity index (χ2v) is 6.09. The Kier molecular flexibility index (Phi) is 4.52. The summed E-state index contributed by atoms with van der Waals surface area (Å²) in [7, 11) is 0. The van der Waals surface area contributed by atoms with Gasteiger partial charge in [0.15, 0.2) is 0 Å². The first kappa shape index (κ1) is 15.4. The maximum Gasteiger partial charge on any atom is 0.251 e. The minimum absolute atomic E-state index is 0.284. The number of nitrogens with zero attached hydrogens (tertiary/aromatic N) is 2. The highest BCUT2D eigenvalue weighted by Gasteiger charge is 2.09. The van der Waals surface area contributed by atoms with Crippen LogP contribution in [-0.2, 0) is 6.54 Å². The standard InChI is InChI=1S/C17H16FN3OS/c1-12-10-15(16-6-3-9-23-16)20-21(12)8-7-19-17(22)13-4-2-5-14(18)11-13/h2-6,9-11H,7-8H2,1H3,(H,19,22). The number of aryl methyl sites for hydroxylation is 1. The molecule has 1 amide bonds. The molecule has 0 fully saturated rings. The van der Waals surface area contributed by atoms with Crippen LogP contribution in [0.5, 0.6) is 0 Å². The number of amides is 1. The van der Waals surface area contributed by atoms with E-state index >= 15 is 0 Å². The summed E-state index contributed by atoms with van der Waals surface area (Å²) in [6.07, 6.45) is 0. The zero-order valence-corrected chi connectivity index (χ0v) is 13.4. The fraction of sp³-hybridized carbons (Fsp3) is 0.176. The van der Waals surface area contributed by atoms with Crippen molar-refractivity contribution in [1.82, 2.24) is 15.1 Å². The summed E-state index contributed by atoms with van der Waals surface area (Å²) in [6.45, 7) is 2.98. The molecule has 4 nitrogen and oxygen atoms in total. The van der Waals surface area contributed by atoms with E-state index in [2.05, 4.69) is 10.4 Å². The van der Waals surface area contributed by atoms with Crippen LogP contribution < -0.4 is 5.32 Å². The number of nitrogens with one attached hydrogen (secondary N) is 1. The zero-order valence-electron chi connectivity index (χ0n) is 12.6. The molecule has 0 spiro atoms. The number of halogens is 1. The Balaban J connectivity index is 1.60. The lowest BCUT2D eigenvalue weighted by Crippen LogP contribution is -2.27. The van der Waals surface area contributed by atoms with Crippen LogP contribution >= 0.6 is 11.3 Å². The van der Waals surface area contributed by atoms with E-state index in [1.807, 2.05) is 35.2 Å². The monoisotopic (exact) mass is 329 g/mol. The van der Waals surface area contributed by atoms with Crippen molar-refractivity contribution in [3.63, 3.8) is 0 Å². The van der Waals surface area contributed by atoms with Crippen LogP contribution in [-0.4, -0.2) is 22.2 Å². The molecule has 2 aromatic heterocycles. The molecule has 0 atom stereocenters. The average Bonchev–Trinajstić information content (AvgIpc) is 3.17. The van der Waals surface area contributed by atoms with Crippen molar-refractivity contribution in [2.45, 2.75) is 13.5 Å². The van der Waals surface area contributed by atoms with Gasteiger partial charge in [-0.3, -0.25) is 9.48 Å². The molecule has 0 aliphatic carbocycles. The highest BCUT2D eigenvalue weighted by atomic mass is 32.1. The van der Waals surface area contributed by atoms with E-state index in [9.17, 15) is 9.18 Å². The minimum atomic E-state index is -0.416. The molecule has 6 heteroatoms. The van der Waals surface area contributed by atoms with Gasteiger partial charge >= 0.3 is 0 Å². The Labute approximate surface area is 137 Å². The van der Waals surface area contributed by atoms with Crippen molar-refractivity contribution in [2.24, 2.45) is 0 Å². The second kappa shape index (κ2) is 6.75. The van der Waals surface area contributed by atoms with E-state index in [0.717, 1.165) is 16.3 Å². The fourth-order valence-corrected chi connectivity index (χ4v) is 2.97. The minimum Gasteiger partial charge on any atom is -0.350 e. The smallest absolute Gasteiger partial charge is 0.251 e. The van der Waals surface area contributed by atoms with Crippen LogP contribution in [0.4, 0.5) is 4.39 Å². The van der Waals surface area contributed by atoms with E-state index in [1.54, 1.807) is 17.4 Å². The van der Waals surface area contributed by atoms with E-state index in [4.69, 9.17) is 0 Å². The molecule has 0 aliphatic rings. The van der Waals surface area contributed by atoms with Gasteiger partial charge in [-0.2, -0.15) is 5.10 Å². The van der Waals surface area contributed by atoms with E-state index < -0.39 is 5.82 Å². The molecule has 0 bridgehead atoms. The van der Waals surface area contributed by atoms with Gasteiger partial charge in [-0.05, 0) is 42.6 Å². The largest absolute Gasteiger partial charge is 0.350 e. The molecule has 3 rings (SSSR count). The Hall–Kier alpha value is -2.47. The third-order valence-electron chi connectivity index (χ3n) is 3.45. The fourth-order valence-electron chi connectivity index (χ4n) is 2.29. The first-order chi connectivity index (χ1) is 11.1. The zero-order chi connectivity index (χ0) is 16.2. The highest BCUT2D eigenvalue weighted by Crippen LogP contribution is 2.23. The number of thiophene rings is 1. The molecular weight excluding hydrogens is 313 g/mol. The molecule has 0 unspecified atom stereocenters. The number of hydrogen-bond donors (Lipinski definition) is 1. The number of aromatic nitrogens is 2. The van der Waals surface area contributed by atoms with Crippen molar-refractivity contribution in [2.75, 3.05) is 6.54 Å². The van der Waals surface area contributed by atoms with Crippen LogP contribution in [0.3, 0.4) is 0 Å². The maximum absolute atomic E-state index is 13.1. The second-order valence-electron chi connectivity index (χ2n) is 5.14. The predicted molar refractivity (Wildman–Crippen MR) is 89.0 cm³/mol. The van der Waals surface area contributed by atoms with Crippen LogP contribution in [0.1, 0.15) is 16.1 Å². The van der Waals surface area contributed by atoms with Crippen molar-refractivity contribution in [1.29, 1.82) is 0 Å². The van der Waals surface area contributed by atoms with E-state index in [0.29, 0.717) is 18.7 Å². The van der Waals surface area contributed by atoms with Crippen molar-refractivity contribution < 1.29 is 9.18 Å². The SMILES string of the molecule is Cc1cc(-c2cccs2)nn1CCNC(=O)c1cccc(F)c1. The summed E-state index contributed by atoms with van der Waals surface area (Å²) in [5.41, 5.74) is 2.30. The summed E-state index contributed by atoms with van der Waals surface area (Å²) in [6, 6.07) is 11.7. The quantitative estimate of drug-likeness (QED) is 0.779. The topological polar surface area (TPSA) is 46.9 Å². The van der Waals surface area contributed by atoms with E-state index in [-0.39, 0.29) is 5.91 Å². The Morgan fingerprint density at radius 1 is 1.30 bits per heavy atom. The number of carbonyl (C=O) groups excluding carboxylic acids is 1. The van der Waals surface area contributed by atoms with Crippen LogP contribution in [0, 0.1) is 12.7 Å². The van der Waals surface area contributed by atoms with Gasteiger partial charge in [0.1, 0.15) is 11.5 Å². The van der Waals surface area contributed by atoms with Crippen molar-refractivity contribution in [3.8, 4) is 10.6 Å². The van der Waals surface area contributed by atoms with Gasteiger partial charge in [-0.15, -0.1) is 11.3 Å². The first-order valence-electron chi connectivity index (χ1n) is 7.25. The highest BCUT2D eigenvalue weighted by molar-refractivity contribution is 7.13. The van der Waals surface area contributed by atoms with Gasteiger partial charge in [0.2, 0.25) is 0 Å². The van der Waals surface area contributed by atoms with Crippen molar-refractivity contribution in [3.05, 3.63) is 64.9 Å². The number of carbonyl (C=O) groups is 1. The number of hydrogen-bond acceptors (Lipinski definition) is 3. The van der Waals surface area contributed by atoms with Gasteiger partial charge in [0.25, 0.3) is 5.91 Å². The summed E-state index contributed by atoms with van der Waals surface area (Å²) in [5, 5.41) is 9.35. The van der Waals surface area contributed by atoms with Crippen LogP contribution in [0.25, 0.3) is 10.6 Å². The molecule has 0 radical (unpaired) electrons.